The van der Waals surface area contributed by atoms with Crippen molar-refractivity contribution < 1.29 is 9.53 Å². The van der Waals surface area contributed by atoms with Gasteiger partial charge in [0.2, 0.25) is 0 Å². The maximum Gasteiger partial charge on any atom is 0.252 e. The monoisotopic (exact) mass is 409 g/mol. The molecule has 1 aromatic rings. The van der Waals surface area contributed by atoms with E-state index in [4.69, 9.17) is 4.74 Å². The molecule has 1 aliphatic heterocycles. The third-order valence-corrected chi connectivity index (χ3v) is 4.05. The van der Waals surface area contributed by atoms with Crippen LogP contribution in [0.5, 0.6) is 0 Å². The lowest BCUT2D eigenvalue weighted by Crippen LogP contribution is -2.32. The number of benzene rings is 1. The zero-order valence-corrected chi connectivity index (χ0v) is 13.0. The first-order valence-electron chi connectivity index (χ1n) is 5.51. The zero-order valence-electron chi connectivity index (χ0n) is 9.21. The minimum absolute atomic E-state index is 0.0501. The fourth-order valence-electron chi connectivity index (χ4n) is 1.78. The highest BCUT2D eigenvalue weighted by Gasteiger charge is 2.17. The molecule has 1 amide bonds. The van der Waals surface area contributed by atoms with Gasteiger partial charge in [0.1, 0.15) is 0 Å². The lowest BCUT2D eigenvalue weighted by atomic mass is 10.2. The van der Waals surface area contributed by atoms with Crippen LogP contribution in [0.2, 0.25) is 0 Å². The normalized spacial score (nSPS) is 19.3. The van der Waals surface area contributed by atoms with Gasteiger partial charge >= 0.3 is 0 Å². The van der Waals surface area contributed by atoms with E-state index < -0.39 is 0 Å². The van der Waals surface area contributed by atoms with Gasteiger partial charge in [-0.25, -0.2) is 0 Å². The third-order valence-electron chi connectivity index (χ3n) is 2.69. The van der Waals surface area contributed by atoms with E-state index in [1.807, 2.05) is 18.2 Å². The number of carbonyl (C=O) groups is 1. The summed E-state index contributed by atoms with van der Waals surface area (Å²) in [4.78, 5) is 12.0. The fraction of sp³-hybridized carbons (Fsp3) is 0.417. The van der Waals surface area contributed by atoms with Crippen molar-refractivity contribution in [3.05, 3.63) is 31.8 Å². The SMILES string of the molecule is O=C(NCC1CCCO1)c1cc(I)ccc1Br. The molecule has 92 valence electrons. The van der Waals surface area contributed by atoms with Crippen molar-refractivity contribution in [1.82, 2.24) is 5.32 Å². The molecule has 0 spiro atoms. The van der Waals surface area contributed by atoms with Crippen molar-refractivity contribution in [3.8, 4) is 0 Å². The van der Waals surface area contributed by atoms with Crippen LogP contribution < -0.4 is 5.32 Å². The Balaban J connectivity index is 1.96. The molecule has 1 saturated heterocycles. The van der Waals surface area contributed by atoms with Gasteiger partial charge in [0, 0.05) is 21.2 Å². The van der Waals surface area contributed by atoms with E-state index in [9.17, 15) is 4.79 Å². The molecule has 1 heterocycles. The van der Waals surface area contributed by atoms with Gasteiger partial charge < -0.3 is 10.1 Å². The standard InChI is InChI=1S/C12H13BrINO2/c13-11-4-3-8(14)6-10(11)12(16)15-7-9-2-1-5-17-9/h3-4,6,9H,1-2,5,7H2,(H,15,16). The number of halogens is 2. The van der Waals surface area contributed by atoms with Crippen molar-refractivity contribution in [1.29, 1.82) is 0 Å². The van der Waals surface area contributed by atoms with Crippen molar-refractivity contribution >= 4 is 44.4 Å². The number of rotatable bonds is 3. The van der Waals surface area contributed by atoms with Crippen LogP contribution in [0.1, 0.15) is 23.2 Å². The number of amides is 1. The molecule has 1 atom stereocenters. The van der Waals surface area contributed by atoms with E-state index in [1.54, 1.807) is 0 Å². The Labute approximate surface area is 123 Å². The molecule has 2 rings (SSSR count). The Morgan fingerprint density at radius 2 is 2.41 bits per heavy atom. The molecule has 0 radical (unpaired) electrons. The van der Waals surface area contributed by atoms with Crippen molar-refractivity contribution in [2.75, 3.05) is 13.2 Å². The molecule has 0 bridgehead atoms. The third kappa shape index (κ3) is 3.66. The summed E-state index contributed by atoms with van der Waals surface area (Å²) in [6, 6.07) is 5.72. The van der Waals surface area contributed by atoms with Crippen LogP contribution in [0.15, 0.2) is 22.7 Å². The number of carbonyl (C=O) groups excluding carboxylic acids is 1. The predicted octanol–water partition coefficient (Wildman–Crippen LogP) is 2.96. The summed E-state index contributed by atoms with van der Waals surface area (Å²) in [6.45, 7) is 1.41. The molecule has 1 aliphatic rings. The second kappa shape index (κ2) is 6.15. The molecule has 0 saturated carbocycles. The lowest BCUT2D eigenvalue weighted by Gasteiger charge is -2.11. The van der Waals surface area contributed by atoms with Gasteiger partial charge in [-0.3, -0.25) is 4.79 Å². The van der Waals surface area contributed by atoms with Crippen molar-refractivity contribution in [2.24, 2.45) is 0 Å². The van der Waals surface area contributed by atoms with Gasteiger partial charge in [-0.2, -0.15) is 0 Å². The molecular weight excluding hydrogens is 397 g/mol. The number of hydrogen-bond donors (Lipinski definition) is 1. The molecule has 0 aromatic heterocycles. The van der Waals surface area contributed by atoms with Crippen LogP contribution in [0, 0.1) is 3.57 Å². The summed E-state index contributed by atoms with van der Waals surface area (Å²) >= 11 is 5.59. The largest absolute Gasteiger partial charge is 0.376 e. The van der Waals surface area contributed by atoms with E-state index in [1.165, 1.54) is 0 Å². The average molecular weight is 410 g/mol. The van der Waals surface area contributed by atoms with Gasteiger partial charge in [0.25, 0.3) is 5.91 Å². The minimum Gasteiger partial charge on any atom is -0.376 e. The molecule has 5 heteroatoms. The Bertz CT molecular complexity index is 419. The van der Waals surface area contributed by atoms with E-state index in [0.717, 1.165) is 27.5 Å². The van der Waals surface area contributed by atoms with Crippen LogP contribution in [-0.4, -0.2) is 25.2 Å². The van der Waals surface area contributed by atoms with Crippen molar-refractivity contribution in [3.63, 3.8) is 0 Å². The van der Waals surface area contributed by atoms with Gasteiger partial charge in [0.05, 0.1) is 11.7 Å². The molecule has 1 unspecified atom stereocenters. The second-order valence-corrected chi connectivity index (χ2v) is 6.07. The van der Waals surface area contributed by atoms with Gasteiger partial charge in [0.15, 0.2) is 0 Å². The van der Waals surface area contributed by atoms with Crippen molar-refractivity contribution in [2.45, 2.75) is 18.9 Å². The minimum atomic E-state index is -0.0501. The summed E-state index contributed by atoms with van der Waals surface area (Å²) in [5, 5.41) is 2.91. The maximum absolute atomic E-state index is 12.0. The summed E-state index contributed by atoms with van der Waals surface area (Å²) in [6.07, 6.45) is 2.31. The number of ether oxygens (including phenoxy) is 1. The van der Waals surface area contributed by atoms with Crippen LogP contribution >= 0.6 is 38.5 Å². The predicted molar refractivity (Wildman–Crippen MR) is 78.2 cm³/mol. The Kier molecular flexibility index (Phi) is 4.81. The molecule has 0 aliphatic carbocycles. The highest BCUT2D eigenvalue weighted by Crippen LogP contribution is 2.19. The van der Waals surface area contributed by atoms with Gasteiger partial charge in [-0.1, -0.05) is 0 Å². The van der Waals surface area contributed by atoms with Crippen LogP contribution in [0.4, 0.5) is 0 Å². The topological polar surface area (TPSA) is 38.3 Å². The summed E-state index contributed by atoms with van der Waals surface area (Å²) in [5.41, 5.74) is 0.676. The molecular formula is C12H13BrINO2. The molecule has 1 aromatic carbocycles. The lowest BCUT2D eigenvalue weighted by molar-refractivity contribution is 0.0857. The van der Waals surface area contributed by atoms with E-state index in [2.05, 4.69) is 43.8 Å². The van der Waals surface area contributed by atoms with E-state index in [0.29, 0.717) is 12.1 Å². The molecule has 3 nitrogen and oxygen atoms in total. The number of nitrogens with one attached hydrogen (secondary N) is 1. The number of hydrogen-bond acceptors (Lipinski definition) is 2. The summed E-state index contributed by atoms with van der Waals surface area (Å²) in [7, 11) is 0. The summed E-state index contributed by atoms with van der Waals surface area (Å²) < 4.78 is 7.34. The van der Waals surface area contributed by atoms with E-state index >= 15 is 0 Å². The highest BCUT2D eigenvalue weighted by atomic mass is 127. The fourth-order valence-corrected chi connectivity index (χ4v) is 2.70. The Hall–Kier alpha value is -0.140. The Morgan fingerprint density at radius 3 is 3.12 bits per heavy atom. The molecule has 1 fully saturated rings. The maximum atomic E-state index is 12.0. The van der Waals surface area contributed by atoms with Crippen LogP contribution in [0.25, 0.3) is 0 Å². The highest BCUT2D eigenvalue weighted by molar-refractivity contribution is 14.1. The zero-order chi connectivity index (χ0) is 12.3. The summed E-state index contributed by atoms with van der Waals surface area (Å²) in [5.74, 6) is -0.0501. The molecule has 1 N–H and O–H groups in total. The molecule has 17 heavy (non-hydrogen) atoms. The second-order valence-electron chi connectivity index (χ2n) is 3.97. The van der Waals surface area contributed by atoms with Crippen LogP contribution in [-0.2, 0) is 4.74 Å². The van der Waals surface area contributed by atoms with Gasteiger partial charge in [-0.15, -0.1) is 0 Å². The smallest absolute Gasteiger partial charge is 0.252 e. The first-order chi connectivity index (χ1) is 8.16. The van der Waals surface area contributed by atoms with Crippen LogP contribution in [0.3, 0.4) is 0 Å². The van der Waals surface area contributed by atoms with E-state index in [-0.39, 0.29) is 12.0 Å². The quantitative estimate of drug-likeness (QED) is 0.779. The first kappa shape index (κ1) is 13.3. The van der Waals surface area contributed by atoms with Gasteiger partial charge in [-0.05, 0) is 69.6 Å². The Morgan fingerprint density at radius 1 is 1.59 bits per heavy atom. The average Bonchev–Trinajstić information content (AvgIpc) is 2.82. The first-order valence-corrected chi connectivity index (χ1v) is 7.39.